The zero-order valence-electron chi connectivity index (χ0n) is 15.2. The standard InChI is InChI=1S/C19H25N3O2S/c1-5-16(15-10-8-7-9-11-15)18(24)22(6-2)12-17(23)21-19-20-13(3)14(4)25-19/h7-11,16H,5-6,12H2,1-4H3,(H,20,21,23). The Bertz CT molecular complexity index is 708. The lowest BCUT2D eigenvalue weighted by atomic mass is 9.95. The van der Waals surface area contributed by atoms with Crippen LogP contribution < -0.4 is 5.32 Å². The van der Waals surface area contributed by atoms with Gasteiger partial charge in [-0.05, 0) is 32.8 Å². The fraction of sp³-hybridized carbons (Fsp3) is 0.421. The average Bonchev–Trinajstić information content (AvgIpc) is 2.91. The summed E-state index contributed by atoms with van der Waals surface area (Å²) in [6.45, 7) is 8.29. The first-order valence-electron chi connectivity index (χ1n) is 8.53. The predicted octanol–water partition coefficient (Wildman–Crippen LogP) is 3.74. The van der Waals surface area contributed by atoms with E-state index in [2.05, 4.69) is 10.3 Å². The third-order valence-electron chi connectivity index (χ3n) is 4.21. The number of carbonyl (C=O) groups excluding carboxylic acids is 2. The van der Waals surface area contributed by atoms with Crippen molar-refractivity contribution in [2.24, 2.45) is 0 Å². The molecule has 25 heavy (non-hydrogen) atoms. The molecule has 0 fully saturated rings. The molecule has 5 nitrogen and oxygen atoms in total. The highest BCUT2D eigenvalue weighted by Crippen LogP contribution is 2.23. The maximum absolute atomic E-state index is 12.9. The van der Waals surface area contributed by atoms with Crippen molar-refractivity contribution in [3.63, 3.8) is 0 Å². The number of amides is 2. The fourth-order valence-electron chi connectivity index (χ4n) is 2.66. The number of aromatic nitrogens is 1. The number of likely N-dealkylation sites (N-methyl/N-ethyl adjacent to an activating group) is 1. The Balaban J connectivity index is 2.04. The molecule has 6 heteroatoms. The van der Waals surface area contributed by atoms with E-state index >= 15 is 0 Å². The molecule has 0 aliphatic carbocycles. The third kappa shape index (κ3) is 4.89. The van der Waals surface area contributed by atoms with Crippen LogP contribution in [0.1, 0.15) is 42.3 Å². The van der Waals surface area contributed by atoms with Gasteiger partial charge in [-0.2, -0.15) is 0 Å². The number of hydrogen-bond acceptors (Lipinski definition) is 4. The summed E-state index contributed by atoms with van der Waals surface area (Å²) in [5.41, 5.74) is 1.90. The van der Waals surface area contributed by atoms with Crippen LogP contribution in [0.2, 0.25) is 0 Å². The molecular formula is C19H25N3O2S. The Morgan fingerprint density at radius 3 is 2.40 bits per heavy atom. The van der Waals surface area contributed by atoms with Gasteiger partial charge in [-0.15, -0.1) is 11.3 Å². The molecule has 1 aromatic carbocycles. The van der Waals surface area contributed by atoms with E-state index in [1.807, 2.05) is 58.0 Å². The Kier molecular flexibility index (Phi) is 6.70. The highest BCUT2D eigenvalue weighted by atomic mass is 32.1. The topological polar surface area (TPSA) is 62.3 Å². The van der Waals surface area contributed by atoms with E-state index in [4.69, 9.17) is 0 Å². The molecule has 1 unspecified atom stereocenters. The molecule has 1 aromatic heterocycles. The minimum Gasteiger partial charge on any atom is -0.333 e. The second kappa shape index (κ2) is 8.76. The molecule has 0 saturated carbocycles. The Morgan fingerprint density at radius 1 is 1.20 bits per heavy atom. The molecule has 2 aromatic rings. The number of anilines is 1. The average molecular weight is 359 g/mol. The number of benzene rings is 1. The molecule has 2 rings (SSSR count). The van der Waals surface area contributed by atoms with Crippen LogP contribution in [-0.4, -0.2) is 34.8 Å². The molecule has 134 valence electrons. The van der Waals surface area contributed by atoms with Crippen LogP contribution >= 0.6 is 11.3 Å². The molecule has 1 N–H and O–H groups in total. The SMILES string of the molecule is CCC(C(=O)N(CC)CC(=O)Nc1nc(C)c(C)s1)c1ccccc1. The number of carbonyl (C=O) groups is 2. The van der Waals surface area contributed by atoms with Crippen LogP contribution in [0, 0.1) is 13.8 Å². The summed E-state index contributed by atoms with van der Waals surface area (Å²) in [5.74, 6) is -0.456. The van der Waals surface area contributed by atoms with Crippen LogP contribution in [0.15, 0.2) is 30.3 Å². The molecule has 0 aliphatic rings. The number of aryl methyl sites for hydroxylation is 2. The van der Waals surface area contributed by atoms with Gasteiger partial charge in [-0.1, -0.05) is 37.3 Å². The van der Waals surface area contributed by atoms with Crippen LogP contribution in [-0.2, 0) is 9.59 Å². The van der Waals surface area contributed by atoms with E-state index in [9.17, 15) is 9.59 Å². The molecule has 1 heterocycles. The van der Waals surface area contributed by atoms with Gasteiger partial charge in [0.1, 0.15) is 0 Å². The second-order valence-electron chi connectivity index (χ2n) is 5.93. The monoisotopic (exact) mass is 359 g/mol. The van der Waals surface area contributed by atoms with Crippen molar-refractivity contribution < 1.29 is 9.59 Å². The van der Waals surface area contributed by atoms with Crippen LogP contribution in [0.3, 0.4) is 0 Å². The van der Waals surface area contributed by atoms with Crippen molar-refractivity contribution in [3.05, 3.63) is 46.5 Å². The summed E-state index contributed by atoms with van der Waals surface area (Å²) in [5, 5.41) is 3.38. The van der Waals surface area contributed by atoms with Gasteiger partial charge < -0.3 is 10.2 Å². The maximum atomic E-state index is 12.9. The van der Waals surface area contributed by atoms with Gasteiger partial charge in [-0.3, -0.25) is 9.59 Å². The lowest BCUT2D eigenvalue weighted by Crippen LogP contribution is -2.40. The number of nitrogens with one attached hydrogen (secondary N) is 1. The zero-order chi connectivity index (χ0) is 18.4. The summed E-state index contributed by atoms with van der Waals surface area (Å²) in [6, 6.07) is 9.72. The number of hydrogen-bond donors (Lipinski definition) is 1. The van der Waals surface area contributed by atoms with Crippen LogP contribution in [0.5, 0.6) is 0 Å². The molecular weight excluding hydrogens is 334 g/mol. The molecule has 0 spiro atoms. The molecule has 0 radical (unpaired) electrons. The Morgan fingerprint density at radius 2 is 1.88 bits per heavy atom. The number of thiazole rings is 1. The molecule has 1 atom stereocenters. The maximum Gasteiger partial charge on any atom is 0.245 e. The molecule has 2 amide bonds. The van der Waals surface area contributed by atoms with Crippen molar-refractivity contribution in [2.45, 2.75) is 40.0 Å². The summed E-state index contributed by atoms with van der Waals surface area (Å²) < 4.78 is 0. The number of nitrogens with zero attached hydrogens (tertiary/aromatic N) is 2. The van der Waals surface area contributed by atoms with Gasteiger partial charge in [0.15, 0.2) is 5.13 Å². The van der Waals surface area contributed by atoms with Gasteiger partial charge in [0.2, 0.25) is 11.8 Å². The Labute approximate surface area is 153 Å². The van der Waals surface area contributed by atoms with Crippen LogP contribution in [0.25, 0.3) is 0 Å². The van der Waals surface area contributed by atoms with Crippen molar-refractivity contribution in [2.75, 3.05) is 18.4 Å². The second-order valence-corrected chi connectivity index (χ2v) is 7.14. The number of rotatable bonds is 7. The lowest BCUT2D eigenvalue weighted by molar-refractivity contribution is -0.135. The first kappa shape index (κ1) is 19.1. The highest BCUT2D eigenvalue weighted by Gasteiger charge is 2.25. The van der Waals surface area contributed by atoms with E-state index in [1.54, 1.807) is 4.90 Å². The minimum absolute atomic E-state index is 0.0159. The normalized spacial score (nSPS) is 11.8. The van der Waals surface area contributed by atoms with E-state index in [-0.39, 0.29) is 24.3 Å². The third-order valence-corrected chi connectivity index (χ3v) is 5.20. The van der Waals surface area contributed by atoms with E-state index in [0.717, 1.165) is 16.1 Å². The minimum atomic E-state index is -0.224. The summed E-state index contributed by atoms with van der Waals surface area (Å²) >= 11 is 1.45. The first-order chi connectivity index (χ1) is 12.0. The smallest absolute Gasteiger partial charge is 0.245 e. The quantitative estimate of drug-likeness (QED) is 0.819. The summed E-state index contributed by atoms with van der Waals surface area (Å²) in [4.78, 5) is 32.2. The van der Waals surface area contributed by atoms with E-state index in [0.29, 0.717) is 18.1 Å². The van der Waals surface area contributed by atoms with Gasteiger partial charge in [0, 0.05) is 11.4 Å². The van der Waals surface area contributed by atoms with Gasteiger partial charge >= 0.3 is 0 Å². The first-order valence-corrected chi connectivity index (χ1v) is 9.35. The summed E-state index contributed by atoms with van der Waals surface area (Å²) in [6.07, 6.45) is 0.700. The lowest BCUT2D eigenvalue weighted by Gasteiger charge is -2.25. The van der Waals surface area contributed by atoms with Gasteiger partial charge in [0.05, 0.1) is 18.2 Å². The van der Waals surface area contributed by atoms with E-state index < -0.39 is 0 Å². The van der Waals surface area contributed by atoms with Gasteiger partial charge in [-0.25, -0.2) is 4.98 Å². The zero-order valence-corrected chi connectivity index (χ0v) is 16.0. The highest BCUT2D eigenvalue weighted by molar-refractivity contribution is 7.15. The van der Waals surface area contributed by atoms with Crippen LogP contribution in [0.4, 0.5) is 5.13 Å². The molecule has 0 aliphatic heterocycles. The fourth-order valence-corrected chi connectivity index (χ4v) is 3.49. The van der Waals surface area contributed by atoms with Crippen molar-refractivity contribution in [3.8, 4) is 0 Å². The van der Waals surface area contributed by atoms with Crippen molar-refractivity contribution in [1.29, 1.82) is 0 Å². The van der Waals surface area contributed by atoms with E-state index in [1.165, 1.54) is 11.3 Å². The molecule has 0 saturated heterocycles. The predicted molar refractivity (Wildman–Crippen MR) is 102 cm³/mol. The molecule has 0 bridgehead atoms. The Hall–Kier alpha value is -2.21. The summed E-state index contributed by atoms with van der Waals surface area (Å²) in [7, 11) is 0. The van der Waals surface area contributed by atoms with Crippen molar-refractivity contribution in [1.82, 2.24) is 9.88 Å². The van der Waals surface area contributed by atoms with Gasteiger partial charge in [0.25, 0.3) is 0 Å². The largest absolute Gasteiger partial charge is 0.333 e. The van der Waals surface area contributed by atoms with Crippen molar-refractivity contribution >= 4 is 28.3 Å².